The van der Waals surface area contributed by atoms with Gasteiger partial charge in [-0.25, -0.2) is 0 Å². The fourth-order valence-electron chi connectivity index (χ4n) is 3.64. The van der Waals surface area contributed by atoms with Crippen LogP contribution in [0.4, 0.5) is 0 Å². The van der Waals surface area contributed by atoms with Gasteiger partial charge in [-0.2, -0.15) is 5.10 Å². The molecule has 1 saturated carbocycles. The standard InChI is InChI=1S/C22H25N3O3S/c1-4-28-22(27)18-10-16(18)12-25(13-17-9-14(2)24(3)23-17)21(26)20-11-15-7-5-6-8-19(15)29-20/h5-9,11,16,18H,4,10,12-13H2,1-3H3/t16-,18-/m1/s1. The van der Waals surface area contributed by atoms with Crippen molar-refractivity contribution in [3.05, 3.63) is 52.7 Å². The van der Waals surface area contributed by atoms with Crippen LogP contribution in [0.1, 0.15) is 34.4 Å². The number of amides is 1. The van der Waals surface area contributed by atoms with Gasteiger partial charge in [0.1, 0.15) is 0 Å². The van der Waals surface area contributed by atoms with Gasteiger partial charge >= 0.3 is 5.97 Å². The van der Waals surface area contributed by atoms with Gasteiger partial charge in [0.15, 0.2) is 0 Å². The molecule has 0 spiro atoms. The highest BCUT2D eigenvalue weighted by atomic mass is 32.1. The lowest BCUT2D eigenvalue weighted by atomic mass is 10.2. The van der Waals surface area contributed by atoms with Gasteiger partial charge in [0.25, 0.3) is 5.91 Å². The van der Waals surface area contributed by atoms with Crippen LogP contribution in [-0.2, 0) is 23.1 Å². The maximum atomic E-state index is 13.4. The monoisotopic (exact) mass is 411 g/mol. The zero-order chi connectivity index (χ0) is 20.5. The van der Waals surface area contributed by atoms with E-state index in [1.165, 1.54) is 11.3 Å². The lowest BCUT2D eigenvalue weighted by Gasteiger charge is -2.21. The third kappa shape index (κ3) is 4.19. The first-order valence-corrected chi connectivity index (χ1v) is 10.7. The van der Waals surface area contributed by atoms with Gasteiger partial charge in [-0.1, -0.05) is 18.2 Å². The molecule has 1 aliphatic carbocycles. The highest BCUT2D eigenvalue weighted by Crippen LogP contribution is 2.40. The lowest BCUT2D eigenvalue weighted by Crippen LogP contribution is -2.33. The molecule has 1 amide bonds. The number of hydrogen-bond acceptors (Lipinski definition) is 5. The Labute approximate surface area is 174 Å². The Morgan fingerprint density at radius 2 is 2.10 bits per heavy atom. The molecule has 0 unspecified atom stereocenters. The SMILES string of the molecule is CCOC(=O)[C@@H]1C[C@@H]1CN(Cc1cc(C)n(C)n1)C(=O)c1cc2ccccc2s1. The highest BCUT2D eigenvalue weighted by molar-refractivity contribution is 7.20. The molecule has 0 radical (unpaired) electrons. The number of nitrogens with zero attached hydrogens (tertiary/aromatic N) is 3. The van der Waals surface area contributed by atoms with Crippen molar-refractivity contribution in [1.82, 2.24) is 14.7 Å². The number of thiophene rings is 1. The maximum absolute atomic E-state index is 13.4. The molecule has 2 aromatic heterocycles. The van der Waals surface area contributed by atoms with E-state index in [1.807, 2.05) is 66.9 Å². The van der Waals surface area contributed by atoms with E-state index >= 15 is 0 Å². The van der Waals surface area contributed by atoms with E-state index in [1.54, 1.807) is 0 Å². The summed E-state index contributed by atoms with van der Waals surface area (Å²) in [6, 6.07) is 12.0. The van der Waals surface area contributed by atoms with Crippen molar-refractivity contribution in [1.29, 1.82) is 0 Å². The van der Waals surface area contributed by atoms with Crippen molar-refractivity contribution in [3.63, 3.8) is 0 Å². The van der Waals surface area contributed by atoms with E-state index in [2.05, 4.69) is 5.10 Å². The lowest BCUT2D eigenvalue weighted by molar-refractivity contribution is -0.145. The molecule has 1 fully saturated rings. The summed E-state index contributed by atoms with van der Waals surface area (Å²) < 4.78 is 8.06. The molecule has 29 heavy (non-hydrogen) atoms. The first-order chi connectivity index (χ1) is 14.0. The number of benzene rings is 1. The van der Waals surface area contributed by atoms with Gasteiger partial charge in [-0.05, 0) is 49.8 Å². The molecule has 3 aromatic rings. The van der Waals surface area contributed by atoms with Crippen LogP contribution in [0, 0.1) is 18.8 Å². The molecule has 1 aliphatic rings. The zero-order valence-corrected chi connectivity index (χ0v) is 17.7. The molecule has 0 bridgehead atoms. The van der Waals surface area contributed by atoms with Crippen LogP contribution in [0.25, 0.3) is 10.1 Å². The summed E-state index contributed by atoms with van der Waals surface area (Å²) in [6.07, 6.45) is 0.774. The van der Waals surface area contributed by atoms with E-state index < -0.39 is 0 Å². The second-order valence-electron chi connectivity index (χ2n) is 7.59. The van der Waals surface area contributed by atoms with Crippen LogP contribution in [-0.4, -0.2) is 39.7 Å². The predicted molar refractivity (Wildman–Crippen MR) is 113 cm³/mol. The fraction of sp³-hybridized carbons (Fsp3) is 0.409. The minimum Gasteiger partial charge on any atom is -0.466 e. The maximum Gasteiger partial charge on any atom is 0.309 e. The smallest absolute Gasteiger partial charge is 0.309 e. The van der Waals surface area contributed by atoms with Gasteiger partial charge in [0.2, 0.25) is 0 Å². The number of esters is 1. The van der Waals surface area contributed by atoms with Crippen molar-refractivity contribution in [3.8, 4) is 0 Å². The van der Waals surface area contributed by atoms with Crippen molar-refractivity contribution in [2.75, 3.05) is 13.2 Å². The molecule has 0 saturated heterocycles. The Hall–Kier alpha value is -2.67. The molecule has 4 rings (SSSR count). The molecule has 0 aliphatic heterocycles. The average molecular weight is 412 g/mol. The zero-order valence-electron chi connectivity index (χ0n) is 16.9. The number of aryl methyl sites for hydroxylation is 2. The number of aromatic nitrogens is 2. The van der Waals surface area contributed by atoms with Crippen molar-refractivity contribution < 1.29 is 14.3 Å². The molecular formula is C22H25N3O3S. The van der Waals surface area contributed by atoms with Crippen molar-refractivity contribution in [2.24, 2.45) is 18.9 Å². The summed E-state index contributed by atoms with van der Waals surface area (Å²) in [6.45, 7) is 5.16. The summed E-state index contributed by atoms with van der Waals surface area (Å²) in [5.41, 5.74) is 1.90. The number of fused-ring (bicyclic) bond motifs is 1. The Bertz CT molecular complexity index is 1000. The summed E-state index contributed by atoms with van der Waals surface area (Å²) in [7, 11) is 1.90. The molecule has 2 atom stereocenters. The second-order valence-corrected chi connectivity index (χ2v) is 8.67. The molecular weight excluding hydrogens is 386 g/mol. The summed E-state index contributed by atoms with van der Waals surface area (Å²) in [4.78, 5) is 27.9. The molecule has 0 N–H and O–H groups in total. The normalized spacial score (nSPS) is 18.0. The molecule has 1 aromatic carbocycles. The van der Waals surface area contributed by atoms with Gasteiger partial charge in [-0.15, -0.1) is 11.3 Å². The van der Waals surface area contributed by atoms with Crippen LogP contribution in [0.15, 0.2) is 36.4 Å². The van der Waals surface area contributed by atoms with E-state index in [9.17, 15) is 9.59 Å². The van der Waals surface area contributed by atoms with Crippen molar-refractivity contribution >= 4 is 33.3 Å². The summed E-state index contributed by atoms with van der Waals surface area (Å²) in [5.74, 6) is -0.111. The number of hydrogen-bond donors (Lipinski definition) is 0. The van der Waals surface area contributed by atoms with E-state index in [4.69, 9.17) is 4.74 Å². The van der Waals surface area contributed by atoms with Gasteiger partial charge in [0, 0.05) is 24.0 Å². The molecule has 6 nitrogen and oxygen atoms in total. The first kappa shape index (κ1) is 19.6. The summed E-state index contributed by atoms with van der Waals surface area (Å²) >= 11 is 1.51. The van der Waals surface area contributed by atoms with E-state index in [0.29, 0.717) is 24.6 Å². The number of carbonyl (C=O) groups excluding carboxylic acids is 2. The molecule has 2 heterocycles. The largest absolute Gasteiger partial charge is 0.466 e. The minimum absolute atomic E-state index is 0.0102. The fourth-order valence-corrected chi connectivity index (χ4v) is 4.67. The van der Waals surface area contributed by atoms with Crippen LogP contribution in [0.5, 0.6) is 0 Å². The van der Waals surface area contributed by atoms with Crippen LogP contribution >= 0.6 is 11.3 Å². The van der Waals surface area contributed by atoms with Gasteiger partial charge in [0.05, 0.1) is 29.6 Å². The summed E-state index contributed by atoms with van der Waals surface area (Å²) in [5, 5.41) is 5.59. The quantitative estimate of drug-likeness (QED) is 0.555. The number of ether oxygens (including phenoxy) is 1. The van der Waals surface area contributed by atoms with Crippen LogP contribution in [0.3, 0.4) is 0 Å². The van der Waals surface area contributed by atoms with Crippen LogP contribution < -0.4 is 0 Å². The first-order valence-electron chi connectivity index (χ1n) is 9.90. The third-order valence-electron chi connectivity index (χ3n) is 5.41. The number of carbonyl (C=O) groups is 2. The molecule has 152 valence electrons. The van der Waals surface area contributed by atoms with E-state index in [0.717, 1.165) is 27.9 Å². The third-order valence-corrected chi connectivity index (χ3v) is 6.51. The Morgan fingerprint density at radius 3 is 2.79 bits per heavy atom. The van der Waals surface area contributed by atoms with Crippen molar-refractivity contribution in [2.45, 2.75) is 26.8 Å². The van der Waals surface area contributed by atoms with E-state index in [-0.39, 0.29) is 23.7 Å². The number of rotatable bonds is 7. The minimum atomic E-state index is -0.152. The average Bonchev–Trinajstić information content (AvgIpc) is 3.21. The van der Waals surface area contributed by atoms with Gasteiger partial charge in [-0.3, -0.25) is 14.3 Å². The molecule has 7 heteroatoms. The highest BCUT2D eigenvalue weighted by Gasteiger charge is 2.45. The van der Waals surface area contributed by atoms with Gasteiger partial charge < -0.3 is 9.64 Å². The Kier molecular flexibility index (Phi) is 5.41. The second kappa shape index (κ2) is 7.99. The predicted octanol–water partition coefficient (Wildman–Crippen LogP) is 3.78. The Morgan fingerprint density at radius 1 is 1.31 bits per heavy atom. The topological polar surface area (TPSA) is 64.4 Å². The van der Waals surface area contributed by atoms with Crippen LogP contribution in [0.2, 0.25) is 0 Å². The Balaban J connectivity index is 1.55.